The lowest BCUT2D eigenvalue weighted by molar-refractivity contribution is -0.117. The third-order valence-electron chi connectivity index (χ3n) is 5.79. The van der Waals surface area contributed by atoms with Crippen molar-refractivity contribution < 1.29 is 23.1 Å². The van der Waals surface area contributed by atoms with Gasteiger partial charge in [0.25, 0.3) is 11.1 Å². The number of aromatic nitrogens is 2. The summed E-state index contributed by atoms with van der Waals surface area (Å²) in [7, 11) is 3.96. The van der Waals surface area contributed by atoms with Gasteiger partial charge < -0.3 is 19.0 Å². The highest BCUT2D eigenvalue weighted by Crippen LogP contribution is 2.29. The van der Waals surface area contributed by atoms with Gasteiger partial charge in [0.1, 0.15) is 18.1 Å². The van der Waals surface area contributed by atoms with Crippen LogP contribution in [0.15, 0.2) is 32.8 Å². The molecule has 0 spiro atoms. The highest BCUT2D eigenvalue weighted by molar-refractivity contribution is 7.99. The SMILES string of the molecule is CCOC(=O)N1CCN(CN2C(=O)CN=C(c3nnc(SCCN(C)C)o3)c3cc(F)ccc32)CC1. The van der Waals surface area contributed by atoms with Gasteiger partial charge in [-0.15, -0.1) is 10.2 Å². The quantitative estimate of drug-likeness (QED) is 0.482. The molecule has 0 unspecified atom stereocenters. The van der Waals surface area contributed by atoms with E-state index in [2.05, 4.69) is 25.0 Å². The summed E-state index contributed by atoms with van der Waals surface area (Å²) in [6.45, 7) is 5.22. The maximum absolute atomic E-state index is 14.3. The number of hydrogen-bond donors (Lipinski definition) is 0. The smallest absolute Gasteiger partial charge is 0.409 e. The van der Waals surface area contributed by atoms with Crippen molar-refractivity contribution in [3.63, 3.8) is 0 Å². The van der Waals surface area contributed by atoms with E-state index in [0.29, 0.717) is 55.0 Å². The number of amides is 2. The first kappa shape index (κ1) is 26.0. The minimum absolute atomic E-state index is 0.139. The predicted molar refractivity (Wildman–Crippen MR) is 133 cm³/mol. The molecule has 0 saturated carbocycles. The van der Waals surface area contributed by atoms with Crippen molar-refractivity contribution in [2.75, 3.05) is 77.3 Å². The number of benzodiazepines with no additional fused rings is 1. The number of anilines is 1. The van der Waals surface area contributed by atoms with E-state index >= 15 is 0 Å². The van der Waals surface area contributed by atoms with E-state index in [1.54, 1.807) is 22.8 Å². The van der Waals surface area contributed by atoms with Gasteiger partial charge in [-0.05, 0) is 39.2 Å². The van der Waals surface area contributed by atoms with Gasteiger partial charge in [0, 0.05) is 44.0 Å². The van der Waals surface area contributed by atoms with Gasteiger partial charge in [-0.3, -0.25) is 19.6 Å². The molecule has 36 heavy (non-hydrogen) atoms. The summed E-state index contributed by atoms with van der Waals surface area (Å²) in [6.07, 6.45) is -0.333. The van der Waals surface area contributed by atoms with Crippen LogP contribution >= 0.6 is 11.8 Å². The largest absolute Gasteiger partial charge is 0.450 e. The lowest BCUT2D eigenvalue weighted by atomic mass is 10.1. The van der Waals surface area contributed by atoms with E-state index in [1.165, 1.54) is 23.9 Å². The van der Waals surface area contributed by atoms with E-state index in [9.17, 15) is 14.0 Å². The summed E-state index contributed by atoms with van der Waals surface area (Å²) >= 11 is 1.42. The molecule has 2 aliphatic rings. The standard InChI is InChI=1S/C23H30FN7O4S/c1-4-34-23(33)30-9-7-29(8-10-30)15-31-18-6-5-16(24)13-17(18)20(25-14-19(31)32)21-26-27-22(35-21)36-12-11-28(2)3/h5-6,13H,4,7-12,14-15H2,1-3H3. The number of aliphatic imine (C=N–C) groups is 1. The van der Waals surface area contributed by atoms with Gasteiger partial charge in [-0.2, -0.15) is 0 Å². The highest BCUT2D eigenvalue weighted by Gasteiger charge is 2.31. The Morgan fingerprint density at radius 1 is 1.22 bits per heavy atom. The number of piperazine rings is 1. The Morgan fingerprint density at radius 3 is 2.72 bits per heavy atom. The molecule has 0 atom stereocenters. The van der Waals surface area contributed by atoms with Gasteiger partial charge in [-0.25, -0.2) is 9.18 Å². The molecule has 0 aliphatic carbocycles. The number of carbonyl (C=O) groups is 2. The van der Waals surface area contributed by atoms with Crippen molar-refractivity contribution in [3.8, 4) is 0 Å². The molecule has 194 valence electrons. The molecule has 1 aromatic carbocycles. The molecule has 13 heteroatoms. The van der Waals surface area contributed by atoms with Gasteiger partial charge in [0.15, 0.2) is 0 Å². The second-order valence-corrected chi connectivity index (χ2v) is 9.66. The normalized spacial score (nSPS) is 16.7. The van der Waals surface area contributed by atoms with Crippen molar-refractivity contribution in [2.45, 2.75) is 12.1 Å². The number of carbonyl (C=O) groups excluding carboxylic acids is 2. The van der Waals surface area contributed by atoms with Crippen LogP contribution in [0.1, 0.15) is 18.4 Å². The molecule has 3 heterocycles. The number of nitrogens with zero attached hydrogens (tertiary/aromatic N) is 7. The molecule has 2 aliphatic heterocycles. The summed E-state index contributed by atoms with van der Waals surface area (Å²) < 4.78 is 25.2. The summed E-state index contributed by atoms with van der Waals surface area (Å²) in [6, 6.07) is 4.22. The molecule has 2 amide bonds. The first-order valence-corrected chi connectivity index (χ1v) is 12.7. The van der Waals surface area contributed by atoms with Crippen molar-refractivity contribution in [1.29, 1.82) is 0 Å². The maximum Gasteiger partial charge on any atom is 0.409 e. The average Bonchev–Trinajstić information content (AvgIpc) is 3.27. The van der Waals surface area contributed by atoms with Crippen molar-refractivity contribution >= 4 is 35.2 Å². The van der Waals surface area contributed by atoms with Gasteiger partial charge in [0.2, 0.25) is 5.91 Å². The molecule has 1 saturated heterocycles. The summed E-state index contributed by atoms with van der Waals surface area (Å²) in [5.41, 5.74) is 1.23. The Labute approximate surface area is 213 Å². The van der Waals surface area contributed by atoms with E-state index in [4.69, 9.17) is 9.15 Å². The van der Waals surface area contributed by atoms with Crippen LogP contribution in [0.4, 0.5) is 14.9 Å². The van der Waals surface area contributed by atoms with E-state index < -0.39 is 5.82 Å². The zero-order valence-electron chi connectivity index (χ0n) is 20.6. The molecule has 0 radical (unpaired) electrons. The number of halogens is 1. The third kappa shape index (κ3) is 6.20. The molecular formula is C23H30FN7O4S. The van der Waals surface area contributed by atoms with Crippen LogP contribution in [0.2, 0.25) is 0 Å². The third-order valence-corrected chi connectivity index (χ3v) is 6.59. The van der Waals surface area contributed by atoms with Crippen LogP contribution in [0.25, 0.3) is 0 Å². The number of rotatable bonds is 8. The van der Waals surface area contributed by atoms with Crippen LogP contribution < -0.4 is 4.90 Å². The first-order valence-electron chi connectivity index (χ1n) is 11.8. The van der Waals surface area contributed by atoms with Crippen molar-refractivity contribution in [1.82, 2.24) is 24.9 Å². The van der Waals surface area contributed by atoms with Crippen LogP contribution in [-0.2, 0) is 9.53 Å². The van der Waals surface area contributed by atoms with E-state index in [-0.39, 0.29) is 31.1 Å². The Bertz CT molecular complexity index is 1120. The number of benzene rings is 1. The Morgan fingerprint density at radius 2 is 2.00 bits per heavy atom. The number of hydrogen-bond acceptors (Lipinski definition) is 10. The minimum Gasteiger partial charge on any atom is -0.450 e. The Hall–Kier alpha value is -3.03. The molecule has 1 aromatic heterocycles. The Balaban J connectivity index is 1.52. The zero-order chi connectivity index (χ0) is 25.7. The van der Waals surface area contributed by atoms with Crippen molar-refractivity contribution in [3.05, 3.63) is 35.5 Å². The maximum atomic E-state index is 14.3. The van der Waals surface area contributed by atoms with Crippen LogP contribution in [-0.4, -0.2) is 115 Å². The van der Waals surface area contributed by atoms with Crippen LogP contribution in [0.3, 0.4) is 0 Å². The van der Waals surface area contributed by atoms with Gasteiger partial charge >= 0.3 is 6.09 Å². The molecule has 11 nitrogen and oxygen atoms in total. The highest BCUT2D eigenvalue weighted by atomic mass is 32.2. The number of fused-ring (bicyclic) bond motifs is 1. The molecule has 0 bridgehead atoms. The summed E-state index contributed by atoms with van der Waals surface area (Å²) in [4.78, 5) is 36.9. The second-order valence-electron chi connectivity index (χ2n) is 8.62. The molecule has 2 aromatic rings. The fourth-order valence-electron chi connectivity index (χ4n) is 3.89. The monoisotopic (exact) mass is 519 g/mol. The lowest BCUT2D eigenvalue weighted by Gasteiger charge is -2.37. The second kappa shape index (κ2) is 11.8. The predicted octanol–water partition coefficient (Wildman–Crippen LogP) is 1.78. The van der Waals surface area contributed by atoms with Crippen LogP contribution in [0, 0.1) is 5.82 Å². The molecule has 0 N–H and O–H groups in total. The molecule has 1 fully saturated rings. The number of ether oxygens (including phenoxy) is 1. The number of thioether (sulfide) groups is 1. The molecular weight excluding hydrogens is 489 g/mol. The molecule has 4 rings (SSSR count). The average molecular weight is 520 g/mol. The van der Waals surface area contributed by atoms with E-state index in [1.807, 2.05) is 14.1 Å². The first-order chi connectivity index (χ1) is 17.4. The lowest BCUT2D eigenvalue weighted by Crippen LogP contribution is -2.53. The summed E-state index contributed by atoms with van der Waals surface area (Å²) in [5.74, 6) is 0.221. The van der Waals surface area contributed by atoms with Gasteiger partial charge in [0.05, 0.1) is 19.0 Å². The fourth-order valence-corrected chi connectivity index (χ4v) is 4.76. The fraction of sp³-hybridized carbons (Fsp3) is 0.522. The topological polar surface area (TPSA) is 108 Å². The summed E-state index contributed by atoms with van der Waals surface area (Å²) in [5, 5.41) is 8.59. The minimum atomic E-state index is -0.459. The van der Waals surface area contributed by atoms with E-state index in [0.717, 1.165) is 12.3 Å². The van der Waals surface area contributed by atoms with Crippen molar-refractivity contribution in [2.24, 2.45) is 4.99 Å². The van der Waals surface area contributed by atoms with Gasteiger partial charge in [-0.1, -0.05) is 11.8 Å². The van der Waals surface area contributed by atoms with Crippen LogP contribution in [0.5, 0.6) is 0 Å². The zero-order valence-corrected chi connectivity index (χ0v) is 21.5. The Kier molecular flexibility index (Phi) is 8.54.